The lowest BCUT2D eigenvalue weighted by Gasteiger charge is -2.41. The normalized spacial score (nSPS) is 17.0. The molecular formula is C18H24N2O4. The van der Waals surface area contributed by atoms with Crippen LogP contribution in [0.25, 0.3) is 0 Å². The number of benzene rings is 1. The van der Waals surface area contributed by atoms with Crippen molar-refractivity contribution in [1.82, 2.24) is 10.2 Å². The number of likely N-dealkylation sites (tertiary alicyclic amines) is 1. The van der Waals surface area contributed by atoms with E-state index in [-0.39, 0.29) is 13.0 Å². The van der Waals surface area contributed by atoms with Gasteiger partial charge in [0, 0.05) is 19.6 Å². The average Bonchev–Trinajstić information content (AvgIpc) is 2.55. The van der Waals surface area contributed by atoms with Gasteiger partial charge < -0.3 is 15.2 Å². The summed E-state index contributed by atoms with van der Waals surface area (Å²) in [7, 11) is 0. The SMILES string of the molecule is C=CCOC(=O)NC1(CC(=O)O)CCN(Cc2ccccc2)CC1. The number of hydrogen-bond acceptors (Lipinski definition) is 4. The highest BCUT2D eigenvalue weighted by Crippen LogP contribution is 2.27. The Bertz CT molecular complexity index is 566. The Hall–Kier alpha value is -2.34. The monoisotopic (exact) mass is 332 g/mol. The summed E-state index contributed by atoms with van der Waals surface area (Å²) in [6.07, 6.45) is 1.94. The Kier molecular flexibility index (Phi) is 6.37. The molecule has 1 heterocycles. The zero-order valence-corrected chi connectivity index (χ0v) is 13.7. The summed E-state index contributed by atoms with van der Waals surface area (Å²) in [5.74, 6) is -0.921. The van der Waals surface area contributed by atoms with Gasteiger partial charge in [0.2, 0.25) is 0 Å². The number of ether oxygens (including phenoxy) is 1. The smallest absolute Gasteiger partial charge is 0.407 e. The van der Waals surface area contributed by atoms with E-state index in [0.717, 1.165) is 19.6 Å². The van der Waals surface area contributed by atoms with Gasteiger partial charge in [-0.3, -0.25) is 9.69 Å². The van der Waals surface area contributed by atoms with Crippen molar-refractivity contribution in [3.63, 3.8) is 0 Å². The summed E-state index contributed by atoms with van der Waals surface area (Å²) < 4.78 is 4.95. The van der Waals surface area contributed by atoms with Gasteiger partial charge in [-0.05, 0) is 18.4 Å². The summed E-state index contributed by atoms with van der Waals surface area (Å²) in [4.78, 5) is 25.3. The predicted molar refractivity (Wildman–Crippen MR) is 90.6 cm³/mol. The lowest BCUT2D eigenvalue weighted by molar-refractivity contribution is -0.139. The van der Waals surface area contributed by atoms with Crippen LogP contribution >= 0.6 is 0 Å². The van der Waals surface area contributed by atoms with Gasteiger partial charge in [-0.15, -0.1) is 0 Å². The quantitative estimate of drug-likeness (QED) is 0.750. The van der Waals surface area contributed by atoms with Gasteiger partial charge in [-0.1, -0.05) is 43.0 Å². The number of carboxylic acid groups (broad SMARTS) is 1. The third kappa shape index (κ3) is 5.38. The maximum atomic E-state index is 11.8. The number of rotatable bonds is 7. The van der Waals surface area contributed by atoms with Crippen LogP contribution in [0.3, 0.4) is 0 Å². The minimum absolute atomic E-state index is 0.102. The van der Waals surface area contributed by atoms with Crippen molar-refractivity contribution >= 4 is 12.1 Å². The summed E-state index contributed by atoms with van der Waals surface area (Å²) in [5.41, 5.74) is 0.471. The molecule has 0 bridgehead atoms. The Morgan fingerprint density at radius 2 is 1.96 bits per heavy atom. The molecule has 0 atom stereocenters. The van der Waals surface area contributed by atoms with Crippen LogP contribution in [-0.4, -0.2) is 47.3 Å². The highest BCUT2D eigenvalue weighted by molar-refractivity contribution is 5.72. The van der Waals surface area contributed by atoms with Gasteiger partial charge in [0.25, 0.3) is 0 Å². The number of carboxylic acids is 1. The minimum Gasteiger partial charge on any atom is -0.481 e. The van der Waals surface area contributed by atoms with E-state index < -0.39 is 17.6 Å². The number of aliphatic carboxylic acids is 1. The topological polar surface area (TPSA) is 78.9 Å². The second kappa shape index (κ2) is 8.49. The maximum Gasteiger partial charge on any atom is 0.407 e. The molecule has 1 amide bonds. The number of amides is 1. The second-order valence-electron chi connectivity index (χ2n) is 6.12. The molecule has 0 aromatic heterocycles. The fraction of sp³-hybridized carbons (Fsp3) is 0.444. The van der Waals surface area contributed by atoms with Crippen LogP contribution in [0.4, 0.5) is 4.79 Å². The van der Waals surface area contributed by atoms with Crippen LogP contribution in [0, 0.1) is 0 Å². The first-order valence-electron chi connectivity index (χ1n) is 8.07. The number of piperidine rings is 1. The van der Waals surface area contributed by atoms with Crippen molar-refractivity contribution in [3.05, 3.63) is 48.6 Å². The molecular weight excluding hydrogens is 308 g/mol. The Morgan fingerprint density at radius 1 is 1.29 bits per heavy atom. The molecule has 6 heteroatoms. The molecule has 1 aromatic rings. The molecule has 0 aliphatic carbocycles. The lowest BCUT2D eigenvalue weighted by Crippen LogP contribution is -2.56. The van der Waals surface area contributed by atoms with E-state index >= 15 is 0 Å². The van der Waals surface area contributed by atoms with E-state index in [4.69, 9.17) is 4.74 Å². The third-order valence-electron chi connectivity index (χ3n) is 4.25. The average molecular weight is 332 g/mol. The zero-order valence-electron chi connectivity index (χ0n) is 13.7. The number of nitrogens with one attached hydrogen (secondary N) is 1. The highest BCUT2D eigenvalue weighted by Gasteiger charge is 2.38. The number of nitrogens with zero attached hydrogens (tertiary/aromatic N) is 1. The molecule has 2 rings (SSSR count). The van der Waals surface area contributed by atoms with Crippen molar-refractivity contribution in [1.29, 1.82) is 0 Å². The first kappa shape index (κ1) is 18.0. The molecule has 1 aromatic carbocycles. The van der Waals surface area contributed by atoms with Crippen molar-refractivity contribution in [3.8, 4) is 0 Å². The van der Waals surface area contributed by atoms with Crippen LogP contribution in [0.1, 0.15) is 24.8 Å². The van der Waals surface area contributed by atoms with Gasteiger partial charge in [0.15, 0.2) is 0 Å². The molecule has 0 radical (unpaired) electrons. The molecule has 24 heavy (non-hydrogen) atoms. The Balaban J connectivity index is 1.94. The van der Waals surface area contributed by atoms with E-state index in [1.54, 1.807) is 0 Å². The molecule has 1 aliphatic rings. The van der Waals surface area contributed by atoms with E-state index in [9.17, 15) is 14.7 Å². The number of hydrogen-bond donors (Lipinski definition) is 2. The van der Waals surface area contributed by atoms with Crippen molar-refractivity contribution in [2.24, 2.45) is 0 Å². The van der Waals surface area contributed by atoms with Crippen LogP contribution in [0.5, 0.6) is 0 Å². The van der Waals surface area contributed by atoms with E-state index in [2.05, 4.69) is 28.9 Å². The Labute approximate surface area is 142 Å². The largest absolute Gasteiger partial charge is 0.481 e. The van der Waals surface area contributed by atoms with Gasteiger partial charge in [0.05, 0.1) is 12.0 Å². The van der Waals surface area contributed by atoms with Gasteiger partial charge >= 0.3 is 12.1 Å². The number of carbonyl (C=O) groups is 2. The van der Waals surface area contributed by atoms with Crippen molar-refractivity contribution in [2.45, 2.75) is 31.3 Å². The van der Waals surface area contributed by atoms with E-state index in [0.29, 0.717) is 12.8 Å². The van der Waals surface area contributed by atoms with E-state index in [1.165, 1.54) is 11.6 Å². The molecule has 130 valence electrons. The molecule has 0 saturated carbocycles. The van der Waals surface area contributed by atoms with Crippen molar-refractivity contribution in [2.75, 3.05) is 19.7 Å². The molecule has 6 nitrogen and oxygen atoms in total. The van der Waals surface area contributed by atoms with Crippen LogP contribution in [0.15, 0.2) is 43.0 Å². The second-order valence-corrected chi connectivity index (χ2v) is 6.12. The summed E-state index contributed by atoms with van der Waals surface area (Å²) in [6, 6.07) is 10.1. The first-order valence-corrected chi connectivity index (χ1v) is 8.07. The minimum atomic E-state index is -0.921. The van der Waals surface area contributed by atoms with Crippen LogP contribution in [0.2, 0.25) is 0 Å². The number of carbonyl (C=O) groups excluding carboxylic acids is 1. The fourth-order valence-corrected chi connectivity index (χ4v) is 3.00. The summed E-state index contributed by atoms with van der Waals surface area (Å²) in [6.45, 7) is 5.87. The van der Waals surface area contributed by atoms with E-state index in [1.807, 2.05) is 18.2 Å². The van der Waals surface area contributed by atoms with Gasteiger partial charge in [0.1, 0.15) is 6.61 Å². The molecule has 1 saturated heterocycles. The summed E-state index contributed by atoms with van der Waals surface area (Å²) in [5, 5.41) is 12.0. The fourth-order valence-electron chi connectivity index (χ4n) is 3.00. The van der Waals surface area contributed by atoms with Gasteiger partial charge in [-0.25, -0.2) is 4.79 Å². The Morgan fingerprint density at radius 3 is 2.54 bits per heavy atom. The molecule has 0 spiro atoms. The third-order valence-corrected chi connectivity index (χ3v) is 4.25. The zero-order chi connectivity index (χ0) is 17.4. The van der Waals surface area contributed by atoms with Crippen molar-refractivity contribution < 1.29 is 19.4 Å². The lowest BCUT2D eigenvalue weighted by atomic mass is 9.84. The molecule has 1 aliphatic heterocycles. The summed E-state index contributed by atoms with van der Waals surface area (Å²) >= 11 is 0. The molecule has 0 unspecified atom stereocenters. The molecule has 1 fully saturated rings. The van der Waals surface area contributed by atoms with Crippen LogP contribution in [-0.2, 0) is 16.1 Å². The van der Waals surface area contributed by atoms with Crippen LogP contribution < -0.4 is 5.32 Å². The predicted octanol–water partition coefficient (Wildman–Crippen LogP) is 2.41. The highest BCUT2D eigenvalue weighted by atomic mass is 16.5. The number of alkyl carbamates (subject to hydrolysis) is 1. The first-order chi connectivity index (χ1) is 11.5. The maximum absolute atomic E-state index is 11.8. The molecule has 2 N–H and O–H groups in total. The van der Waals surface area contributed by atoms with Gasteiger partial charge in [-0.2, -0.15) is 0 Å². The standard InChI is InChI=1S/C18H24N2O4/c1-2-12-24-17(23)19-18(13-16(21)22)8-10-20(11-9-18)14-15-6-4-3-5-7-15/h2-7H,1,8-14H2,(H,19,23)(H,21,22).